The van der Waals surface area contributed by atoms with Crippen LogP contribution in [0.4, 0.5) is 0 Å². The summed E-state index contributed by atoms with van der Waals surface area (Å²) in [4.78, 5) is 25.7. The standard InChI is InChI=1S/C23H16O6.C22H31NO/c24-20-16(14-7-3-1-5-12(14)9-18(20)22(26)27)11-17-15-8-4-2-6-13(15)10-19(21(17)25)23(28)29;1-16(2)23(17(3)4)14-13-20(19-9-7-6-8-10-19)21-15-18(5)11-12-22(21)24/h1-10,24-25H,11H2,(H,26,27)(H,28,29);6-12,15-17,20,24H,13-14H2,1-5H3/t;20-/m.1/s1. The topological polar surface area (TPSA) is 139 Å². The lowest BCUT2D eigenvalue weighted by Gasteiger charge is -2.32. The second-order valence-electron chi connectivity index (χ2n) is 14.0. The normalized spacial score (nSPS) is 11.9. The molecule has 0 radical (unpaired) electrons. The van der Waals surface area contributed by atoms with Gasteiger partial charge >= 0.3 is 11.9 Å². The Kier molecular flexibility index (Phi) is 12.1. The van der Waals surface area contributed by atoms with Crippen LogP contribution in [0.1, 0.15) is 88.6 Å². The predicted octanol–water partition coefficient (Wildman–Crippen LogP) is 9.73. The smallest absolute Gasteiger partial charge is 0.339 e. The third-order valence-corrected chi connectivity index (χ3v) is 9.83. The minimum Gasteiger partial charge on any atom is -0.508 e. The van der Waals surface area contributed by atoms with Crippen molar-refractivity contribution < 1.29 is 35.1 Å². The zero-order valence-electron chi connectivity index (χ0n) is 30.7. The average Bonchev–Trinajstić information content (AvgIpc) is 3.13. The van der Waals surface area contributed by atoms with Crippen LogP contribution in [0.25, 0.3) is 21.5 Å². The van der Waals surface area contributed by atoms with Gasteiger partial charge in [0.2, 0.25) is 0 Å². The minimum absolute atomic E-state index is 0.0407. The Hall–Kier alpha value is -5.86. The highest BCUT2D eigenvalue weighted by Gasteiger charge is 2.23. The van der Waals surface area contributed by atoms with Gasteiger partial charge in [0.15, 0.2) is 0 Å². The van der Waals surface area contributed by atoms with Crippen LogP contribution in [-0.2, 0) is 6.42 Å². The van der Waals surface area contributed by atoms with E-state index < -0.39 is 23.4 Å². The van der Waals surface area contributed by atoms with Gasteiger partial charge in [-0.15, -0.1) is 0 Å². The van der Waals surface area contributed by atoms with Crippen molar-refractivity contribution in [2.45, 2.75) is 65.5 Å². The molecule has 5 N–H and O–H groups in total. The molecule has 0 saturated carbocycles. The van der Waals surface area contributed by atoms with Crippen molar-refractivity contribution in [2.24, 2.45) is 0 Å². The third kappa shape index (κ3) is 8.62. The summed E-state index contributed by atoms with van der Waals surface area (Å²) < 4.78 is 0. The summed E-state index contributed by atoms with van der Waals surface area (Å²) in [6, 6.07) is 34.3. The lowest BCUT2D eigenvalue weighted by atomic mass is 9.87. The van der Waals surface area contributed by atoms with Crippen LogP contribution in [0.2, 0.25) is 0 Å². The van der Waals surface area contributed by atoms with E-state index in [0.29, 0.717) is 50.5 Å². The van der Waals surface area contributed by atoms with E-state index in [4.69, 9.17) is 0 Å². The molecule has 8 heteroatoms. The number of hydrogen-bond acceptors (Lipinski definition) is 6. The quantitative estimate of drug-likeness (QED) is 0.0895. The molecule has 0 heterocycles. The maximum Gasteiger partial charge on any atom is 0.339 e. The molecular weight excluding hydrogens is 666 g/mol. The van der Waals surface area contributed by atoms with Crippen LogP contribution in [0.3, 0.4) is 0 Å². The number of hydrogen-bond donors (Lipinski definition) is 5. The summed E-state index contributed by atoms with van der Waals surface area (Å²) in [5.41, 5.74) is 3.61. The van der Waals surface area contributed by atoms with Crippen LogP contribution < -0.4 is 0 Å². The number of fused-ring (bicyclic) bond motifs is 2. The van der Waals surface area contributed by atoms with Crippen LogP contribution >= 0.6 is 0 Å². The summed E-state index contributed by atoms with van der Waals surface area (Å²) in [5.74, 6) is -2.74. The number of phenolic OH excluding ortho intramolecular Hbond substituents is 1. The van der Waals surface area contributed by atoms with Crippen molar-refractivity contribution in [3.8, 4) is 17.2 Å². The zero-order chi connectivity index (χ0) is 38.4. The number of carboxylic acids is 2. The Balaban J connectivity index is 0.000000209. The molecule has 6 aromatic rings. The van der Waals surface area contributed by atoms with Crippen molar-refractivity contribution in [1.82, 2.24) is 4.90 Å². The lowest BCUT2D eigenvalue weighted by Crippen LogP contribution is -2.38. The predicted molar refractivity (Wildman–Crippen MR) is 211 cm³/mol. The molecule has 53 heavy (non-hydrogen) atoms. The van der Waals surface area contributed by atoms with Gasteiger partial charge in [-0.1, -0.05) is 96.6 Å². The van der Waals surface area contributed by atoms with Gasteiger partial charge in [-0.05, 0) is 92.9 Å². The number of nitrogens with zero attached hydrogens (tertiary/aromatic N) is 1. The Labute approximate surface area is 310 Å². The number of aromatic hydroxyl groups is 3. The van der Waals surface area contributed by atoms with Crippen molar-refractivity contribution >= 4 is 33.5 Å². The molecule has 274 valence electrons. The molecule has 0 aliphatic rings. The Bertz CT molecular complexity index is 2140. The fourth-order valence-corrected chi connectivity index (χ4v) is 7.22. The molecule has 0 aliphatic heterocycles. The van der Waals surface area contributed by atoms with Gasteiger partial charge in [0.25, 0.3) is 0 Å². The monoisotopic (exact) mass is 713 g/mol. The molecule has 0 fully saturated rings. The fourth-order valence-electron chi connectivity index (χ4n) is 7.22. The first-order chi connectivity index (χ1) is 25.3. The van der Waals surface area contributed by atoms with Crippen LogP contribution in [0.15, 0.2) is 109 Å². The van der Waals surface area contributed by atoms with Gasteiger partial charge < -0.3 is 25.5 Å². The molecule has 8 nitrogen and oxygen atoms in total. The maximum atomic E-state index is 11.6. The van der Waals surface area contributed by atoms with Crippen LogP contribution in [0, 0.1) is 6.92 Å². The van der Waals surface area contributed by atoms with Gasteiger partial charge in [0.1, 0.15) is 28.4 Å². The zero-order valence-corrected chi connectivity index (χ0v) is 30.7. The Morgan fingerprint density at radius 2 is 1.09 bits per heavy atom. The van der Waals surface area contributed by atoms with Gasteiger partial charge in [-0.2, -0.15) is 0 Å². The number of phenols is 3. The Morgan fingerprint density at radius 1 is 0.623 bits per heavy atom. The Morgan fingerprint density at radius 3 is 1.57 bits per heavy atom. The summed E-state index contributed by atoms with van der Waals surface area (Å²) in [5, 5.41) is 53.2. The number of aryl methyl sites for hydroxylation is 1. The van der Waals surface area contributed by atoms with Crippen molar-refractivity contribution in [3.05, 3.63) is 148 Å². The summed E-state index contributed by atoms with van der Waals surface area (Å²) in [7, 11) is 0. The molecule has 0 spiro atoms. The molecule has 1 atom stereocenters. The summed E-state index contributed by atoms with van der Waals surface area (Å²) in [6.07, 6.45) is 0.957. The first-order valence-corrected chi connectivity index (χ1v) is 17.8. The van der Waals surface area contributed by atoms with E-state index in [1.54, 1.807) is 48.5 Å². The maximum absolute atomic E-state index is 11.6. The number of rotatable bonds is 11. The van der Waals surface area contributed by atoms with E-state index in [1.165, 1.54) is 23.3 Å². The van der Waals surface area contributed by atoms with E-state index >= 15 is 0 Å². The molecule has 0 saturated heterocycles. The second kappa shape index (κ2) is 16.7. The van der Waals surface area contributed by atoms with E-state index in [1.807, 2.05) is 18.2 Å². The van der Waals surface area contributed by atoms with E-state index in [0.717, 1.165) is 18.5 Å². The molecule has 6 rings (SSSR count). The summed E-state index contributed by atoms with van der Waals surface area (Å²) in [6.45, 7) is 12.1. The van der Waals surface area contributed by atoms with Gasteiger partial charge in [-0.25, -0.2) is 9.59 Å². The van der Waals surface area contributed by atoms with Crippen molar-refractivity contribution in [3.63, 3.8) is 0 Å². The number of benzene rings is 6. The highest BCUT2D eigenvalue weighted by atomic mass is 16.4. The highest BCUT2D eigenvalue weighted by molar-refractivity contribution is 6.02. The molecule has 0 unspecified atom stereocenters. The first-order valence-electron chi connectivity index (χ1n) is 17.8. The van der Waals surface area contributed by atoms with Crippen LogP contribution in [0.5, 0.6) is 17.2 Å². The average molecular weight is 714 g/mol. The largest absolute Gasteiger partial charge is 0.508 e. The third-order valence-electron chi connectivity index (χ3n) is 9.83. The lowest BCUT2D eigenvalue weighted by molar-refractivity contribution is 0.0682. The first kappa shape index (κ1) is 38.4. The summed E-state index contributed by atoms with van der Waals surface area (Å²) >= 11 is 0. The SMILES string of the molecule is Cc1ccc(O)c([C@H](CCN(C(C)C)C(C)C)c2ccccc2)c1.O=C(O)c1cc2ccccc2c(Cc2c(O)c(C(=O)O)cc3ccccc23)c1O. The van der Waals surface area contributed by atoms with E-state index in [2.05, 4.69) is 69.9 Å². The molecule has 0 amide bonds. The molecule has 6 aromatic carbocycles. The van der Waals surface area contributed by atoms with Crippen LogP contribution in [-0.4, -0.2) is 61.0 Å². The van der Waals surface area contributed by atoms with E-state index in [-0.39, 0.29) is 23.5 Å². The van der Waals surface area contributed by atoms with Gasteiger partial charge in [-0.3, -0.25) is 4.90 Å². The van der Waals surface area contributed by atoms with E-state index in [9.17, 15) is 35.1 Å². The molecule has 0 aromatic heterocycles. The fraction of sp³-hybridized carbons (Fsp3) is 0.244. The molecule has 0 bridgehead atoms. The number of carbonyl (C=O) groups is 2. The molecular formula is C45H47NO7. The second-order valence-corrected chi connectivity index (χ2v) is 14.0. The van der Waals surface area contributed by atoms with Gasteiger partial charge in [0.05, 0.1) is 0 Å². The number of carboxylic acid groups (broad SMARTS) is 2. The van der Waals surface area contributed by atoms with Gasteiger partial charge in [0, 0.05) is 41.1 Å². The van der Waals surface area contributed by atoms with Crippen molar-refractivity contribution in [1.29, 1.82) is 0 Å². The number of aromatic carboxylic acids is 2. The van der Waals surface area contributed by atoms with Crippen molar-refractivity contribution in [2.75, 3.05) is 6.54 Å². The minimum atomic E-state index is -1.28. The highest BCUT2D eigenvalue weighted by Crippen LogP contribution is 2.39. The molecule has 0 aliphatic carbocycles.